The molecule has 0 saturated carbocycles. The second kappa shape index (κ2) is 7.36. The molecule has 19 heavy (non-hydrogen) atoms. The summed E-state index contributed by atoms with van der Waals surface area (Å²) in [5.41, 5.74) is 6.36. The Balaban J connectivity index is 1.73. The molecule has 0 spiro atoms. The third kappa shape index (κ3) is 5.09. The molecule has 1 atom stereocenters. The van der Waals surface area contributed by atoms with Crippen LogP contribution in [0.5, 0.6) is 5.75 Å². The van der Waals surface area contributed by atoms with Crippen LogP contribution in [0.3, 0.4) is 0 Å². The lowest BCUT2D eigenvalue weighted by atomic mass is 10.2. The van der Waals surface area contributed by atoms with Crippen molar-refractivity contribution in [3.8, 4) is 5.75 Å². The average Bonchev–Trinajstić information content (AvgIpc) is 2.65. The van der Waals surface area contributed by atoms with Gasteiger partial charge >= 0.3 is 0 Å². The van der Waals surface area contributed by atoms with Gasteiger partial charge in [0.1, 0.15) is 18.5 Å². The maximum Gasteiger partial charge on any atom is 0.121 e. The highest BCUT2D eigenvalue weighted by Gasteiger charge is 2.14. The van der Waals surface area contributed by atoms with Crippen LogP contribution in [0.15, 0.2) is 24.3 Å². The molecule has 106 valence electrons. The largest absolute Gasteiger partial charge is 0.491 e. The maximum absolute atomic E-state index is 10.0. The van der Waals surface area contributed by atoms with Crippen molar-refractivity contribution >= 4 is 5.69 Å². The molecular weight excluding hydrogens is 240 g/mol. The molecule has 0 radical (unpaired) electrons. The van der Waals surface area contributed by atoms with E-state index in [-0.39, 0.29) is 0 Å². The van der Waals surface area contributed by atoms with Gasteiger partial charge in [-0.1, -0.05) is 18.9 Å². The Kier molecular flexibility index (Phi) is 5.48. The first-order valence-electron chi connectivity index (χ1n) is 7.13. The molecule has 0 bridgehead atoms. The highest BCUT2D eigenvalue weighted by Crippen LogP contribution is 2.15. The molecule has 1 aliphatic rings. The van der Waals surface area contributed by atoms with Crippen molar-refractivity contribution in [2.75, 3.05) is 32.0 Å². The molecule has 4 nitrogen and oxygen atoms in total. The van der Waals surface area contributed by atoms with E-state index in [1.54, 1.807) is 6.07 Å². The van der Waals surface area contributed by atoms with E-state index in [9.17, 15) is 5.11 Å². The summed E-state index contributed by atoms with van der Waals surface area (Å²) in [5.74, 6) is 0.718. The number of ether oxygens (including phenoxy) is 1. The molecule has 1 fully saturated rings. The molecule has 4 heteroatoms. The van der Waals surface area contributed by atoms with Crippen molar-refractivity contribution < 1.29 is 9.84 Å². The monoisotopic (exact) mass is 264 g/mol. The number of hydrogen-bond acceptors (Lipinski definition) is 4. The molecule has 1 saturated heterocycles. The Morgan fingerprint density at radius 1 is 1.21 bits per heavy atom. The first kappa shape index (κ1) is 14.2. The normalized spacial score (nSPS) is 18.8. The van der Waals surface area contributed by atoms with E-state index in [4.69, 9.17) is 10.5 Å². The van der Waals surface area contributed by atoms with Gasteiger partial charge in [0, 0.05) is 18.3 Å². The Labute approximate surface area is 115 Å². The van der Waals surface area contributed by atoms with Crippen LogP contribution in [-0.2, 0) is 0 Å². The van der Waals surface area contributed by atoms with Crippen LogP contribution in [0.1, 0.15) is 25.7 Å². The van der Waals surface area contributed by atoms with Crippen LogP contribution < -0.4 is 10.5 Å². The van der Waals surface area contributed by atoms with Crippen LogP contribution >= 0.6 is 0 Å². The summed E-state index contributed by atoms with van der Waals surface area (Å²) in [6, 6.07) is 7.31. The Morgan fingerprint density at radius 3 is 2.63 bits per heavy atom. The van der Waals surface area contributed by atoms with Crippen LogP contribution in [0, 0.1) is 0 Å². The number of rotatable bonds is 5. The molecule has 0 aromatic heterocycles. The molecule has 0 amide bonds. The van der Waals surface area contributed by atoms with Crippen molar-refractivity contribution in [3.63, 3.8) is 0 Å². The highest BCUT2D eigenvalue weighted by atomic mass is 16.5. The third-order valence-corrected chi connectivity index (χ3v) is 3.47. The van der Waals surface area contributed by atoms with Gasteiger partial charge in [-0.25, -0.2) is 0 Å². The van der Waals surface area contributed by atoms with Crippen molar-refractivity contribution in [1.29, 1.82) is 0 Å². The van der Waals surface area contributed by atoms with Gasteiger partial charge < -0.3 is 20.5 Å². The number of nitrogens with zero attached hydrogens (tertiary/aromatic N) is 1. The van der Waals surface area contributed by atoms with Crippen molar-refractivity contribution in [1.82, 2.24) is 4.90 Å². The predicted molar refractivity (Wildman–Crippen MR) is 77.3 cm³/mol. The fraction of sp³-hybridized carbons (Fsp3) is 0.600. The van der Waals surface area contributed by atoms with Gasteiger partial charge in [0.05, 0.1) is 0 Å². The molecule has 1 aromatic rings. The summed E-state index contributed by atoms with van der Waals surface area (Å²) < 4.78 is 5.56. The van der Waals surface area contributed by atoms with Gasteiger partial charge in [-0.05, 0) is 38.1 Å². The molecule has 3 N–H and O–H groups in total. The lowest BCUT2D eigenvalue weighted by Gasteiger charge is -2.23. The van der Waals surface area contributed by atoms with Gasteiger partial charge in [-0.3, -0.25) is 0 Å². The summed E-state index contributed by atoms with van der Waals surface area (Å²) in [6.45, 7) is 3.20. The predicted octanol–water partition coefficient (Wildman–Crippen LogP) is 1.88. The highest BCUT2D eigenvalue weighted by molar-refractivity contribution is 5.43. The number of anilines is 1. The lowest BCUT2D eigenvalue weighted by molar-refractivity contribution is 0.0694. The van der Waals surface area contributed by atoms with Crippen molar-refractivity contribution in [3.05, 3.63) is 24.3 Å². The van der Waals surface area contributed by atoms with Gasteiger partial charge in [-0.15, -0.1) is 0 Å². The fourth-order valence-electron chi connectivity index (χ4n) is 2.47. The molecular formula is C15H24N2O2. The Hall–Kier alpha value is -1.26. The molecule has 1 aliphatic heterocycles. The summed E-state index contributed by atoms with van der Waals surface area (Å²) in [4.78, 5) is 2.33. The number of nitrogens with two attached hydrogens (primary N) is 1. The van der Waals surface area contributed by atoms with E-state index in [0.717, 1.165) is 18.8 Å². The van der Waals surface area contributed by atoms with Crippen molar-refractivity contribution in [2.45, 2.75) is 31.8 Å². The molecule has 1 aromatic carbocycles. The lowest BCUT2D eigenvalue weighted by Crippen LogP contribution is -2.36. The second-order valence-electron chi connectivity index (χ2n) is 5.25. The fourth-order valence-corrected chi connectivity index (χ4v) is 2.47. The smallest absolute Gasteiger partial charge is 0.121 e. The van der Waals surface area contributed by atoms with Crippen LogP contribution in [0.2, 0.25) is 0 Å². The number of benzene rings is 1. The van der Waals surface area contributed by atoms with Gasteiger partial charge in [0.15, 0.2) is 0 Å². The Morgan fingerprint density at radius 2 is 1.95 bits per heavy atom. The first-order valence-corrected chi connectivity index (χ1v) is 7.13. The van der Waals surface area contributed by atoms with Crippen molar-refractivity contribution in [2.24, 2.45) is 0 Å². The topological polar surface area (TPSA) is 58.7 Å². The van der Waals surface area contributed by atoms with E-state index < -0.39 is 6.10 Å². The van der Waals surface area contributed by atoms with E-state index in [2.05, 4.69) is 4.90 Å². The first-order chi connectivity index (χ1) is 9.24. The molecule has 1 unspecified atom stereocenters. The number of hydrogen-bond donors (Lipinski definition) is 2. The zero-order valence-corrected chi connectivity index (χ0v) is 11.4. The minimum absolute atomic E-state index is 0.319. The number of likely N-dealkylation sites (tertiary alicyclic amines) is 1. The maximum atomic E-state index is 10.0. The molecule has 2 rings (SSSR count). The zero-order valence-electron chi connectivity index (χ0n) is 11.4. The number of β-amino-alcohol motifs (C(OH)–C–C–N with tert-alkyl or cyclic N) is 1. The minimum atomic E-state index is -0.445. The van der Waals surface area contributed by atoms with Gasteiger partial charge in [-0.2, -0.15) is 0 Å². The van der Waals surface area contributed by atoms with E-state index in [1.165, 1.54) is 25.7 Å². The second-order valence-corrected chi connectivity index (χ2v) is 5.25. The van der Waals surface area contributed by atoms with Crippen LogP contribution in [0.25, 0.3) is 0 Å². The zero-order chi connectivity index (χ0) is 13.5. The molecule has 0 aliphatic carbocycles. The SMILES string of the molecule is Nc1cccc(OCC(O)CN2CCCCCC2)c1. The van der Waals surface area contributed by atoms with Crippen LogP contribution in [-0.4, -0.2) is 42.4 Å². The standard InChI is InChI=1S/C15H24N2O2/c16-13-6-5-7-15(10-13)19-12-14(18)11-17-8-3-1-2-4-9-17/h5-7,10,14,18H,1-4,8-9,11-12,16H2. The Bertz CT molecular complexity index is 376. The summed E-state index contributed by atoms with van der Waals surface area (Å²) in [5, 5.41) is 10.0. The summed E-state index contributed by atoms with van der Waals surface area (Å²) in [6.07, 6.45) is 4.66. The third-order valence-electron chi connectivity index (χ3n) is 3.47. The van der Waals surface area contributed by atoms with Gasteiger partial charge in [0.25, 0.3) is 0 Å². The van der Waals surface area contributed by atoms with E-state index in [0.29, 0.717) is 18.8 Å². The quantitative estimate of drug-likeness (QED) is 0.797. The van der Waals surface area contributed by atoms with E-state index in [1.807, 2.05) is 18.2 Å². The number of nitrogen functional groups attached to an aromatic ring is 1. The minimum Gasteiger partial charge on any atom is -0.491 e. The van der Waals surface area contributed by atoms with Gasteiger partial charge in [0.2, 0.25) is 0 Å². The van der Waals surface area contributed by atoms with E-state index >= 15 is 0 Å². The van der Waals surface area contributed by atoms with Crippen LogP contribution in [0.4, 0.5) is 5.69 Å². The molecule has 1 heterocycles. The summed E-state index contributed by atoms with van der Waals surface area (Å²) in [7, 11) is 0. The summed E-state index contributed by atoms with van der Waals surface area (Å²) >= 11 is 0. The number of aliphatic hydroxyl groups excluding tert-OH is 1. The average molecular weight is 264 g/mol. The number of aliphatic hydroxyl groups is 1.